The minimum absolute atomic E-state index is 0.0197. The molecule has 2 nitrogen and oxygen atoms in total. The van der Waals surface area contributed by atoms with Crippen molar-refractivity contribution in [2.24, 2.45) is 4.99 Å². The number of benzene rings is 2. The lowest BCUT2D eigenvalue weighted by Gasteiger charge is -2.04. The van der Waals surface area contributed by atoms with Crippen molar-refractivity contribution in [3.63, 3.8) is 0 Å². The van der Waals surface area contributed by atoms with E-state index in [2.05, 4.69) is 4.99 Å². The van der Waals surface area contributed by atoms with Crippen LogP contribution in [0.5, 0.6) is 0 Å². The molecule has 0 N–H and O–H groups in total. The summed E-state index contributed by atoms with van der Waals surface area (Å²) in [6, 6.07) is 15.3. The van der Waals surface area contributed by atoms with Gasteiger partial charge >= 0.3 is 0 Å². The van der Waals surface area contributed by atoms with Crippen LogP contribution in [0.3, 0.4) is 0 Å². The molecule has 0 saturated carbocycles. The smallest absolute Gasteiger partial charge is 0.218 e. The minimum Gasteiger partial charge on any atom is -0.475 e. The molecule has 1 heterocycles. The van der Waals surface area contributed by atoms with Crippen LogP contribution in [0.25, 0.3) is 0 Å². The lowest BCUT2D eigenvalue weighted by atomic mass is 10.1. The number of aliphatic imine (C=N–C) groups is 1. The van der Waals surface area contributed by atoms with Crippen LogP contribution in [0.4, 0.5) is 0 Å². The Balaban J connectivity index is 1.93. The van der Waals surface area contributed by atoms with E-state index in [1.54, 1.807) is 18.2 Å². The van der Waals surface area contributed by atoms with Crippen molar-refractivity contribution in [2.75, 3.05) is 6.61 Å². The number of nitrogens with zero attached hydrogens (tertiary/aromatic N) is 1. The summed E-state index contributed by atoms with van der Waals surface area (Å²) < 4.78 is 5.65. The molecule has 2 aromatic carbocycles. The summed E-state index contributed by atoms with van der Waals surface area (Å²) >= 11 is 12.1. The van der Waals surface area contributed by atoms with Crippen LogP contribution in [0.1, 0.15) is 17.2 Å². The predicted octanol–water partition coefficient (Wildman–Crippen LogP) is 4.51. The summed E-state index contributed by atoms with van der Waals surface area (Å²) in [5.74, 6) is 0.557. The van der Waals surface area contributed by atoms with Crippen LogP contribution in [0.2, 0.25) is 10.0 Å². The fraction of sp³-hybridized carbons (Fsp3) is 0.133. The Morgan fingerprint density at radius 2 is 1.84 bits per heavy atom. The number of hydrogen-bond donors (Lipinski definition) is 0. The lowest BCUT2D eigenvalue weighted by molar-refractivity contribution is 0.320. The maximum absolute atomic E-state index is 6.15. The van der Waals surface area contributed by atoms with Crippen LogP contribution >= 0.6 is 23.2 Å². The Morgan fingerprint density at radius 3 is 2.63 bits per heavy atom. The van der Waals surface area contributed by atoms with E-state index in [1.165, 1.54) is 0 Å². The summed E-state index contributed by atoms with van der Waals surface area (Å²) in [5.41, 5.74) is 1.88. The highest BCUT2D eigenvalue weighted by Crippen LogP contribution is 2.28. The molecule has 0 saturated heterocycles. The summed E-state index contributed by atoms with van der Waals surface area (Å²) in [4.78, 5) is 4.58. The predicted molar refractivity (Wildman–Crippen MR) is 78.1 cm³/mol. The van der Waals surface area contributed by atoms with E-state index in [9.17, 15) is 0 Å². The van der Waals surface area contributed by atoms with Crippen molar-refractivity contribution < 1.29 is 4.74 Å². The van der Waals surface area contributed by atoms with E-state index in [0.29, 0.717) is 22.5 Å². The van der Waals surface area contributed by atoms with Gasteiger partial charge in [-0.05, 0) is 23.8 Å². The molecular weight excluding hydrogens is 281 g/mol. The number of halogens is 2. The van der Waals surface area contributed by atoms with E-state index in [4.69, 9.17) is 27.9 Å². The first-order chi connectivity index (χ1) is 9.24. The van der Waals surface area contributed by atoms with E-state index in [0.717, 1.165) is 11.1 Å². The van der Waals surface area contributed by atoms with Gasteiger partial charge in [0.2, 0.25) is 5.90 Å². The molecule has 0 radical (unpaired) electrons. The van der Waals surface area contributed by atoms with Crippen molar-refractivity contribution in [3.05, 3.63) is 69.7 Å². The fourth-order valence-corrected chi connectivity index (χ4v) is 2.40. The first kappa shape index (κ1) is 12.5. The van der Waals surface area contributed by atoms with Gasteiger partial charge in [-0.15, -0.1) is 0 Å². The van der Waals surface area contributed by atoms with Crippen LogP contribution in [0, 0.1) is 0 Å². The average Bonchev–Trinajstić information content (AvgIpc) is 2.92. The van der Waals surface area contributed by atoms with Crippen LogP contribution in [0.15, 0.2) is 53.5 Å². The molecule has 0 spiro atoms. The molecule has 0 aliphatic carbocycles. The summed E-state index contributed by atoms with van der Waals surface area (Å²) in [7, 11) is 0. The van der Waals surface area contributed by atoms with Gasteiger partial charge in [-0.3, -0.25) is 0 Å². The van der Waals surface area contributed by atoms with Gasteiger partial charge in [0.15, 0.2) is 0 Å². The third-order valence-corrected chi connectivity index (χ3v) is 3.56. The molecule has 1 unspecified atom stereocenters. The fourth-order valence-electron chi connectivity index (χ4n) is 2.03. The molecule has 96 valence electrons. The van der Waals surface area contributed by atoms with Gasteiger partial charge in [0.25, 0.3) is 0 Å². The van der Waals surface area contributed by atoms with Gasteiger partial charge in [-0.2, -0.15) is 0 Å². The molecule has 0 amide bonds. The lowest BCUT2D eigenvalue weighted by Crippen LogP contribution is -2.02. The second kappa shape index (κ2) is 5.24. The normalized spacial score (nSPS) is 18.0. The van der Waals surface area contributed by atoms with E-state index >= 15 is 0 Å². The van der Waals surface area contributed by atoms with Gasteiger partial charge in [0.05, 0.1) is 10.6 Å². The standard InChI is InChI=1S/C15H11Cl2NO/c16-11-6-7-13(17)12(8-11)15-18-14(9-19-15)10-4-2-1-3-5-10/h1-8,14H,9H2. The highest BCUT2D eigenvalue weighted by molar-refractivity contribution is 6.35. The SMILES string of the molecule is Clc1ccc(Cl)c(C2=NC(c3ccccc3)CO2)c1. The van der Waals surface area contributed by atoms with Gasteiger partial charge < -0.3 is 4.74 Å². The minimum atomic E-state index is 0.0197. The molecule has 3 rings (SSSR count). The number of ether oxygens (including phenoxy) is 1. The molecule has 0 bridgehead atoms. The van der Waals surface area contributed by atoms with E-state index in [-0.39, 0.29) is 6.04 Å². The Bertz CT molecular complexity index is 625. The Morgan fingerprint density at radius 1 is 1.05 bits per heavy atom. The quantitative estimate of drug-likeness (QED) is 0.798. The zero-order valence-electron chi connectivity index (χ0n) is 10.0. The molecule has 1 aliphatic heterocycles. The highest BCUT2D eigenvalue weighted by Gasteiger charge is 2.23. The average molecular weight is 292 g/mol. The highest BCUT2D eigenvalue weighted by atomic mass is 35.5. The Hall–Kier alpha value is -1.51. The first-order valence-corrected chi connectivity index (χ1v) is 6.70. The number of rotatable bonds is 2. The largest absolute Gasteiger partial charge is 0.475 e. The zero-order valence-corrected chi connectivity index (χ0v) is 11.5. The monoisotopic (exact) mass is 291 g/mol. The molecule has 1 aliphatic rings. The van der Waals surface area contributed by atoms with Crippen molar-refractivity contribution >= 4 is 29.1 Å². The van der Waals surface area contributed by atoms with Crippen molar-refractivity contribution in [2.45, 2.75) is 6.04 Å². The van der Waals surface area contributed by atoms with Crippen LogP contribution in [-0.4, -0.2) is 12.5 Å². The van der Waals surface area contributed by atoms with Gasteiger partial charge in [-0.1, -0.05) is 53.5 Å². The van der Waals surface area contributed by atoms with Gasteiger partial charge in [0, 0.05) is 5.02 Å². The molecule has 0 fully saturated rings. The molecule has 0 aromatic heterocycles. The summed E-state index contributed by atoms with van der Waals surface area (Å²) in [5, 5.41) is 1.21. The topological polar surface area (TPSA) is 21.6 Å². The molecule has 19 heavy (non-hydrogen) atoms. The van der Waals surface area contributed by atoms with Crippen molar-refractivity contribution in [3.8, 4) is 0 Å². The second-order valence-corrected chi connectivity index (χ2v) is 5.14. The molecule has 1 atom stereocenters. The van der Waals surface area contributed by atoms with Crippen molar-refractivity contribution in [1.82, 2.24) is 0 Å². The number of hydrogen-bond acceptors (Lipinski definition) is 2. The zero-order chi connectivity index (χ0) is 13.2. The third kappa shape index (κ3) is 2.60. The Labute approximate surface area is 121 Å². The molecular formula is C15H11Cl2NO. The van der Waals surface area contributed by atoms with Crippen LogP contribution in [-0.2, 0) is 4.74 Å². The maximum Gasteiger partial charge on any atom is 0.218 e. The van der Waals surface area contributed by atoms with E-state index in [1.807, 2.05) is 30.3 Å². The summed E-state index contributed by atoms with van der Waals surface area (Å²) in [6.07, 6.45) is 0. The van der Waals surface area contributed by atoms with E-state index < -0.39 is 0 Å². The third-order valence-electron chi connectivity index (χ3n) is 2.99. The van der Waals surface area contributed by atoms with Crippen molar-refractivity contribution in [1.29, 1.82) is 0 Å². The van der Waals surface area contributed by atoms with Gasteiger partial charge in [0.1, 0.15) is 12.6 Å². The Kier molecular flexibility index (Phi) is 3.45. The maximum atomic E-state index is 6.15. The van der Waals surface area contributed by atoms with Crippen LogP contribution < -0.4 is 0 Å². The first-order valence-electron chi connectivity index (χ1n) is 5.95. The summed E-state index contributed by atoms with van der Waals surface area (Å²) in [6.45, 7) is 0.530. The molecule has 4 heteroatoms. The van der Waals surface area contributed by atoms with Gasteiger partial charge in [-0.25, -0.2) is 4.99 Å². The second-order valence-electron chi connectivity index (χ2n) is 4.30. The molecule has 2 aromatic rings.